The highest BCUT2D eigenvalue weighted by atomic mass is 32.1. The molecule has 0 radical (unpaired) electrons. The number of rotatable bonds is 2. The third kappa shape index (κ3) is 2.10. The maximum Gasteiger partial charge on any atom is 0.112 e. The van der Waals surface area contributed by atoms with Crippen LogP contribution in [0.25, 0.3) is 11.3 Å². The molecule has 4 heteroatoms. The molecule has 0 saturated carbocycles. The van der Waals surface area contributed by atoms with Gasteiger partial charge in [0, 0.05) is 43.7 Å². The molecule has 1 atom stereocenters. The highest BCUT2D eigenvalue weighted by Gasteiger charge is 2.34. The van der Waals surface area contributed by atoms with Crippen LogP contribution in [0.15, 0.2) is 35.7 Å². The van der Waals surface area contributed by atoms with Gasteiger partial charge in [-0.25, -0.2) is 4.98 Å². The van der Waals surface area contributed by atoms with Crippen molar-refractivity contribution in [2.75, 3.05) is 32.7 Å². The largest absolute Gasteiger partial charge is 0.299 e. The second-order valence-corrected chi connectivity index (χ2v) is 6.18. The van der Waals surface area contributed by atoms with Gasteiger partial charge >= 0.3 is 0 Å². The fourth-order valence-electron chi connectivity index (χ4n) is 3.03. The van der Waals surface area contributed by atoms with Crippen LogP contribution in [0.2, 0.25) is 0 Å². The first kappa shape index (κ1) is 11.6. The van der Waals surface area contributed by atoms with Crippen LogP contribution in [0.5, 0.6) is 0 Å². The number of benzene rings is 1. The first-order valence-electron chi connectivity index (χ1n) is 6.87. The molecule has 0 spiro atoms. The quantitative estimate of drug-likeness (QED) is 0.836. The topological polar surface area (TPSA) is 19.4 Å². The van der Waals surface area contributed by atoms with Crippen LogP contribution < -0.4 is 0 Å². The summed E-state index contributed by atoms with van der Waals surface area (Å²) < 4.78 is 0. The second kappa shape index (κ2) is 4.71. The molecule has 3 aliphatic heterocycles. The van der Waals surface area contributed by atoms with Gasteiger partial charge in [0.2, 0.25) is 0 Å². The van der Waals surface area contributed by atoms with Gasteiger partial charge in [-0.15, -0.1) is 11.3 Å². The van der Waals surface area contributed by atoms with Crippen molar-refractivity contribution in [2.45, 2.75) is 6.04 Å². The summed E-state index contributed by atoms with van der Waals surface area (Å²) in [4.78, 5) is 10.0. The van der Waals surface area contributed by atoms with E-state index in [1.165, 1.54) is 36.8 Å². The van der Waals surface area contributed by atoms with E-state index < -0.39 is 0 Å². The minimum Gasteiger partial charge on any atom is -0.299 e. The highest BCUT2D eigenvalue weighted by molar-refractivity contribution is 7.10. The van der Waals surface area contributed by atoms with Crippen LogP contribution in [0.1, 0.15) is 11.0 Å². The highest BCUT2D eigenvalue weighted by Crippen LogP contribution is 2.32. The van der Waals surface area contributed by atoms with Crippen molar-refractivity contribution in [1.82, 2.24) is 14.8 Å². The van der Waals surface area contributed by atoms with Crippen LogP contribution in [-0.4, -0.2) is 47.5 Å². The lowest BCUT2D eigenvalue weighted by Crippen LogP contribution is -2.56. The van der Waals surface area contributed by atoms with E-state index in [0.29, 0.717) is 6.04 Å². The van der Waals surface area contributed by atoms with Crippen LogP contribution >= 0.6 is 11.3 Å². The van der Waals surface area contributed by atoms with E-state index in [9.17, 15) is 0 Å². The zero-order valence-corrected chi connectivity index (χ0v) is 11.6. The number of hydrogen-bond donors (Lipinski definition) is 0. The lowest BCUT2D eigenvalue weighted by atomic mass is 10.1. The first-order chi connectivity index (χ1) is 9.40. The Hall–Kier alpha value is -1.23. The summed E-state index contributed by atoms with van der Waals surface area (Å²) in [5, 5.41) is 3.48. The van der Waals surface area contributed by atoms with Gasteiger partial charge in [-0.05, 0) is 0 Å². The smallest absolute Gasteiger partial charge is 0.112 e. The van der Waals surface area contributed by atoms with Crippen LogP contribution in [0.4, 0.5) is 0 Å². The molecule has 3 saturated heterocycles. The zero-order chi connectivity index (χ0) is 12.7. The minimum atomic E-state index is 0.518. The van der Waals surface area contributed by atoms with Crippen LogP contribution in [0.3, 0.4) is 0 Å². The number of fused-ring (bicyclic) bond motifs is 3. The van der Waals surface area contributed by atoms with E-state index in [0.717, 1.165) is 12.2 Å². The monoisotopic (exact) mass is 271 g/mol. The Balaban J connectivity index is 1.62. The van der Waals surface area contributed by atoms with Crippen molar-refractivity contribution in [3.05, 3.63) is 40.7 Å². The molecule has 5 rings (SSSR count). The summed E-state index contributed by atoms with van der Waals surface area (Å²) in [6.07, 6.45) is 0. The number of thiazole rings is 1. The third-order valence-corrected chi connectivity index (χ3v) is 5.10. The van der Waals surface area contributed by atoms with Crippen molar-refractivity contribution in [3.63, 3.8) is 0 Å². The molecule has 2 bridgehead atoms. The molecule has 3 fully saturated rings. The third-order valence-electron chi connectivity index (χ3n) is 4.16. The van der Waals surface area contributed by atoms with Crippen LogP contribution in [-0.2, 0) is 0 Å². The predicted octanol–water partition coefficient (Wildman–Crippen LogP) is 2.48. The van der Waals surface area contributed by atoms with Crippen molar-refractivity contribution >= 4 is 11.3 Å². The molecule has 3 nitrogen and oxygen atoms in total. The molecule has 4 heterocycles. The lowest BCUT2D eigenvalue weighted by molar-refractivity contribution is 0.0123. The number of nitrogens with zero attached hydrogens (tertiary/aromatic N) is 3. The number of hydrogen-bond acceptors (Lipinski definition) is 4. The molecule has 2 aromatic rings. The molecule has 98 valence electrons. The molecule has 3 aliphatic rings. The van der Waals surface area contributed by atoms with E-state index in [1.54, 1.807) is 0 Å². The maximum absolute atomic E-state index is 4.87. The van der Waals surface area contributed by atoms with E-state index in [-0.39, 0.29) is 0 Å². The molecular weight excluding hydrogens is 254 g/mol. The van der Waals surface area contributed by atoms with Crippen molar-refractivity contribution < 1.29 is 0 Å². The SMILES string of the molecule is c1ccc(-c2csc(C3CN4CCN3CC4)n2)cc1. The van der Waals surface area contributed by atoms with Gasteiger partial charge in [0.1, 0.15) is 5.01 Å². The molecule has 1 aromatic carbocycles. The second-order valence-electron chi connectivity index (χ2n) is 5.29. The molecule has 0 N–H and O–H groups in total. The van der Waals surface area contributed by atoms with Crippen molar-refractivity contribution in [2.24, 2.45) is 0 Å². The number of aromatic nitrogens is 1. The van der Waals surface area contributed by atoms with Gasteiger partial charge in [-0.3, -0.25) is 9.80 Å². The summed E-state index contributed by atoms with van der Waals surface area (Å²) >= 11 is 1.81. The molecule has 0 aliphatic carbocycles. The maximum atomic E-state index is 4.87. The van der Waals surface area contributed by atoms with E-state index in [4.69, 9.17) is 4.98 Å². The van der Waals surface area contributed by atoms with Gasteiger partial charge in [-0.2, -0.15) is 0 Å². The fourth-order valence-corrected chi connectivity index (χ4v) is 3.99. The Labute approximate surface area is 117 Å². The Kier molecular flexibility index (Phi) is 2.87. The lowest BCUT2D eigenvalue weighted by Gasteiger charge is -2.46. The Morgan fingerprint density at radius 2 is 1.84 bits per heavy atom. The fraction of sp³-hybridized carbons (Fsp3) is 0.400. The van der Waals surface area contributed by atoms with Crippen molar-refractivity contribution in [3.8, 4) is 11.3 Å². The average molecular weight is 271 g/mol. The van der Waals surface area contributed by atoms with Gasteiger partial charge < -0.3 is 0 Å². The van der Waals surface area contributed by atoms with Crippen LogP contribution in [0, 0.1) is 0 Å². The normalized spacial score (nSPS) is 29.6. The Morgan fingerprint density at radius 3 is 2.53 bits per heavy atom. The first-order valence-corrected chi connectivity index (χ1v) is 7.75. The summed E-state index contributed by atoms with van der Waals surface area (Å²) in [6.45, 7) is 6.01. The van der Waals surface area contributed by atoms with Gasteiger partial charge in [0.25, 0.3) is 0 Å². The van der Waals surface area contributed by atoms with Crippen molar-refractivity contribution in [1.29, 1.82) is 0 Å². The Bertz CT molecular complexity index is 558. The Morgan fingerprint density at radius 1 is 1.05 bits per heavy atom. The van der Waals surface area contributed by atoms with E-state index in [1.807, 2.05) is 11.3 Å². The van der Waals surface area contributed by atoms with Gasteiger partial charge in [-0.1, -0.05) is 30.3 Å². The van der Waals surface area contributed by atoms with Gasteiger partial charge in [0.05, 0.1) is 11.7 Å². The molecule has 1 unspecified atom stereocenters. The zero-order valence-electron chi connectivity index (χ0n) is 10.8. The summed E-state index contributed by atoms with van der Waals surface area (Å²) in [5.74, 6) is 0. The molecule has 19 heavy (non-hydrogen) atoms. The van der Waals surface area contributed by atoms with E-state index >= 15 is 0 Å². The summed E-state index contributed by atoms with van der Waals surface area (Å²) in [7, 11) is 0. The average Bonchev–Trinajstić information content (AvgIpc) is 2.99. The molecule has 1 aromatic heterocycles. The van der Waals surface area contributed by atoms with Gasteiger partial charge in [0.15, 0.2) is 0 Å². The summed E-state index contributed by atoms with van der Waals surface area (Å²) in [6, 6.07) is 11.0. The minimum absolute atomic E-state index is 0.518. The predicted molar refractivity (Wildman–Crippen MR) is 78.3 cm³/mol. The standard InChI is InChI=1S/C15H17N3S/c1-2-4-12(5-3-1)13-11-19-15(16-13)14-10-17-6-8-18(14)9-7-17/h1-5,11,14H,6-10H2. The van der Waals surface area contributed by atoms with E-state index in [2.05, 4.69) is 45.5 Å². The number of piperazine rings is 3. The molecular formula is C15H17N3S. The molecule has 0 amide bonds. The summed E-state index contributed by atoms with van der Waals surface area (Å²) in [5.41, 5.74) is 2.35.